The van der Waals surface area contributed by atoms with Crippen molar-refractivity contribution < 1.29 is 14.0 Å². The predicted octanol–water partition coefficient (Wildman–Crippen LogP) is 4.33. The first kappa shape index (κ1) is 18.6. The van der Waals surface area contributed by atoms with E-state index < -0.39 is 5.82 Å². The van der Waals surface area contributed by atoms with Crippen LogP contribution in [0.5, 0.6) is 0 Å². The van der Waals surface area contributed by atoms with Crippen molar-refractivity contribution in [3.8, 4) is 0 Å². The summed E-state index contributed by atoms with van der Waals surface area (Å²) < 4.78 is 13.6. The van der Waals surface area contributed by atoms with Crippen molar-refractivity contribution in [2.24, 2.45) is 0 Å². The molecule has 4 nitrogen and oxygen atoms in total. The normalized spacial score (nSPS) is 10.6. The summed E-state index contributed by atoms with van der Waals surface area (Å²) in [6.45, 7) is 5.90. The van der Waals surface area contributed by atoms with Crippen molar-refractivity contribution in [1.29, 1.82) is 0 Å². The number of nitrogens with one attached hydrogen (secondary N) is 1. The van der Waals surface area contributed by atoms with Crippen LogP contribution in [-0.4, -0.2) is 18.4 Å². The van der Waals surface area contributed by atoms with Gasteiger partial charge in [-0.15, -0.1) is 0 Å². The van der Waals surface area contributed by atoms with Crippen LogP contribution in [0.3, 0.4) is 0 Å². The zero-order chi connectivity index (χ0) is 18.4. The molecule has 132 valence electrons. The summed E-state index contributed by atoms with van der Waals surface area (Å²) in [5, 5.41) is 2.53. The minimum Gasteiger partial charge on any atom is -0.324 e. The molecule has 2 rings (SSSR count). The zero-order valence-electron chi connectivity index (χ0n) is 14.8. The molecule has 0 aliphatic rings. The fourth-order valence-electron chi connectivity index (χ4n) is 2.50. The minimum absolute atomic E-state index is 0.0832. The lowest BCUT2D eigenvalue weighted by atomic mass is 10.0. The first-order chi connectivity index (χ1) is 11.9. The van der Waals surface area contributed by atoms with Gasteiger partial charge in [0.1, 0.15) is 5.82 Å². The zero-order valence-corrected chi connectivity index (χ0v) is 14.8. The van der Waals surface area contributed by atoms with Crippen LogP contribution >= 0.6 is 0 Å². The van der Waals surface area contributed by atoms with Gasteiger partial charge in [-0.2, -0.15) is 0 Å². The number of hydrogen-bond donors (Lipinski definition) is 1. The molecule has 0 saturated heterocycles. The van der Waals surface area contributed by atoms with Crippen molar-refractivity contribution in [2.45, 2.75) is 33.1 Å². The summed E-state index contributed by atoms with van der Waals surface area (Å²) in [6.07, 6.45) is 0.0832. The number of para-hydroxylation sites is 1. The Hall–Kier alpha value is -2.69. The molecule has 25 heavy (non-hydrogen) atoms. The van der Waals surface area contributed by atoms with Gasteiger partial charge in [-0.3, -0.25) is 9.59 Å². The van der Waals surface area contributed by atoms with Gasteiger partial charge in [0.05, 0.1) is 5.69 Å². The van der Waals surface area contributed by atoms with Gasteiger partial charge < -0.3 is 10.2 Å². The Morgan fingerprint density at radius 1 is 1.08 bits per heavy atom. The molecule has 0 aliphatic carbocycles. The molecule has 0 heterocycles. The van der Waals surface area contributed by atoms with Crippen LogP contribution in [0, 0.1) is 5.82 Å². The average molecular weight is 342 g/mol. The van der Waals surface area contributed by atoms with Gasteiger partial charge in [0, 0.05) is 25.6 Å². The second kappa shape index (κ2) is 8.42. The van der Waals surface area contributed by atoms with Gasteiger partial charge in [0.2, 0.25) is 11.8 Å². The lowest BCUT2D eigenvalue weighted by Crippen LogP contribution is -2.32. The molecule has 0 radical (unpaired) electrons. The summed E-state index contributed by atoms with van der Waals surface area (Å²) in [4.78, 5) is 25.5. The standard InChI is InChI=1S/C20H23FN2O2/c1-14(2)16-8-10-17(11-9-16)23(15(3)24)13-12-20(25)22-19-7-5-4-6-18(19)21/h4-11,14H,12-13H2,1-3H3,(H,22,25). The van der Waals surface area contributed by atoms with E-state index in [1.54, 1.807) is 17.0 Å². The highest BCUT2D eigenvalue weighted by Gasteiger charge is 2.14. The van der Waals surface area contributed by atoms with Crippen molar-refractivity contribution in [1.82, 2.24) is 0 Å². The van der Waals surface area contributed by atoms with E-state index >= 15 is 0 Å². The van der Waals surface area contributed by atoms with E-state index in [9.17, 15) is 14.0 Å². The monoisotopic (exact) mass is 342 g/mol. The van der Waals surface area contributed by atoms with E-state index in [1.165, 1.54) is 24.6 Å². The molecule has 0 spiro atoms. The predicted molar refractivity (Wildman–Crippen MR) is 98.2 cm³/mol. The number of carbonyl (C=O) groups is 2. The van der Waals surface area contributed by atoms with Crippen LogP contribution in [0.15, 0.2) is 48.5 Å². The minimum atomic E-state index is -0.483. The van der Waals surface area contributed by atoms with Gasteiger partial charge in [-0.25, -0.2) is 4.39 Å². The Kier molecular flexibility index (Phi) is 6.28. The highest BCUT2D eigenvalue weighted by atomic mass is 19.1. The third-order valence-electron chi connectivity index (χ3n) is 3.96. The SMILES string of the molecule is CC(=O)N(CCC(=O)Nc1ccccc1F)c1ccc(C(C)C)cc1. The van der Waals surface area contributed by atoms with E-state index in [1.807, 2.05) is 24.3 Å². The number of carbonyl (C=O) groups excluding carboxylic acids is 2. The van der Waals surface area contributed by atoms with Gasteiger partial charge >= 0.3 is 0 Å². The Labute approximate surface area is 147 Å². The Morgan fingerprint density at radius 3 is 2.28 bits per heavy atom. The number of amides is 2. The second-order valence-corrected chi connectivity index (χ2v) is 6.19. The molecule has 2 aromatic carbocycles. The summed E-state index contributed by atoms with van der Waals surface area (Å²) in [6, 6.07) is 13.7. The molecule has 0 aliphatic heterocycles. The highest BCUT2D eigenvalue weighted by Crippen LogP contribution is 2.21. The lowest BCUT2D eigenvalue weighted by Gasteiger charge is -2.21. The van der Waals surface area contributed by atoms with Crippen LogP contribution in [0.2, 0.25) is 0 Å². The van der Waals surface area contributed by atoms with E-state index in [0.29, 0.717) is 5.92 Å². The summed E-state index contributed by atoms with van der Waals surface area (Å²) in [5.74, 6) is -0.555. The number of anilines is 2. The number of nitrogens with zero attached hydrogens (tertiary/aromatic N) is 1. The number of benzene rings is 2. The molecule has 0 bridgehead atoms. The molecule has 0 saturated carbocycles. The molecule has 2 aromatic rings. The highest BCUT2D eigenvalue weighted by molar-refractivity contribution is 5.94. The Morgan fingerprint density at radius 2 is 1.72 bits per heavy atom. The third-order valence-corrected chi connectivity index (χ3v) is 3.96. The first-order valence-electron chi connectivity index (χ1n) is 8.31. The molecule has 1 N–H and O–H groups in total. The molecular formula is C20H23FN2O2. The maximum absolute atomic E-state index is 13.6. The topological polar surface area (TPSA) is 49.4 Å². The van der Waals surface area contributed by atoms with Crippen LogP contribution in [0.25, 0.3) is 0 Å². The van der Waals surface area contributed by atoms with Crippen molar-refractivity contribution in [2.75, 3.05) is 16.8 Å². The molecule has 0 fully saturated rings. The first-order valence-corrected chi connectivity index (χ1v) is 8.31. The molecule has 0 aromatic heterocycles. The van der Waals surface area contributed by atoms with Crippen LogP contribution in [0.1, 0.15) is 38.7 Å². The number of rotatable bonds is 6. The summed E-state index contributed by atoms with van der Waals surface area (Å²) in [7, 11) is 0. The van der Waals surface area contributed by atoms with E-state index in [2.05, 4.69) is 19.2 Å². The number of halogens is 1. The third kappa shape index (κ3) is 5.14. The quantitative estimate of drug-likeness (QED) is 0.849. The Bertz CT molecular complexity index is 742. The van der Waals surface area contributed by atoms with E-state index in [4.69, 9.17) is 0 Å². The van der Waals surface area contributed by atoms with Crippen molar-refractivity contribution in [3.63, 3.8) is 0 Å². The Balaban J connectivity index is 2.01. The smallest absolute Gasteiger partial charge is 0.226 e. The fourth-order valence-corrected chi connectivity index (χ4v) is 2.50. The molecule has 0 unspecified atom stereocenters. The van der Waals surface area contributed by atoms with Gasteiger partial charge in [0.25, 0.3) is 0 Å². The number of hydrogen-bond acceptors (Lipinski definition) is 2. The molecular weight excluding hydrogens is 319 g/mol. The summed E-state index contributed by atoms with van der Waals surface area (Å²) in [5.41, 5.74) is 2.07. The van der Waals surface area contributed by atoms with Gasteiger partial charge in [-0.05, 0) is 35.7 Å². The van der Waals surface area contributed by atoms with Crippen molar-refractivity contribution in [3.05, 3.63) is 59.9 Å². The van der Waals surface area contributed by atoms with E-state index in [-0.39, 0.29) is 30.5 Å². The maximum Gasteiger partial charge on any atom is 0.226 e. The van der Waals surface area contributed by atoms with Crippen LogP contribution < -0.4 is 10.2 Å². The molecule has 0 atom stereocenters. The van der Waals surface area contributed by atoms with Crippen LogP contribution in [0.4, 0.5) is 15.8 Å². The lowest BCUT2D eigenvalue weighted by molar-refractivity contribution is -0.117. The van der Waals surface area contributed by atoms with E-state index in [0.717, 1.165) is 5.69 Å². The second-order valence-electron chi connectivity index (χ2n) is 6.19. The summed E-state index contributed by atoms with van der Waals surface area (Å²) >= 11 is 0. The molecule has 5 heteroatoms. The maximum atomic E-state index is 13.6. The average Bonchev–Trinajstić information content (AvgIpc) is 2.57. The fraction of sp³-hybridized carbons (Fsp3) is 0.300. The molecule has 2 amide bonds. The van der Waals surface area contributed by atoms with Crippen LogP contribution in [-0.2, 0) is 9.59 Å². The van der Waals surface area contributed by atoms with Gasteiger partial charge in [0.15, 0.2) is 0 Å². The van der Waals surface area contributed by atoms with Crippen molar-refractivity contribution >= 4 is 23.2 Å². The largest absolute Gasteiger partial charge is 0.324 e. The van der Waals surface area contributed by atoms with Gasteiger partial charge in [-0.1, -0.05) is 38.1 Å².